The fraction of sp³-hybridized carbons (Fsp3) is 0.158. The van der Waals surface area contributed by atoms with E-state index < -0.39 is 0 Å². The lowest BCUT2D eigenvalue weighted by Crippen LogP contribution is -2.04. The molecule has 24 heavy (non-hydrogen) atoms. The van der Waals surface area contributed by atoms with Gasteiger partial charge in [-0.25, -0.2) is 0 Å². The van der Waals surface area contributed by atoms with Crippen LogP contribution < -0.4 is 4.74 Å². The van der Waals surface area contributed by atoms with Crippen LogP contribution in [0.25, 0.3) is 6.08 Å². The predicted molar refractivity (Wildman–Crippen MR) is 98.0 cm³/mol. The predicted octanol–water partition coefficient (Wildman–Crippen LogP) is 4.20. The molecule has 0 aliphatic heterocycles. The number of para-hydroxylation sites is 1. The van der Waals surface area contributed by atoms with Crippen LogP contribution in [-0.2, 0) is 13.7 Å². The fourth-order valence-electron chi connectivity index (χ4n) is 2.13. The van der Waals surface area contributed by atoms with Gasteiger partial charge in [0.05, 0.1) is 0 Å². The Morgan fingerprint density at radius 3 is 2.46 bits per heavy atom. The number of aromatic nitrogens is 3. The van der Waals surface area contributed by atoms with Crippen LogP contribution in [0.5, 0.6) is 5.75 Å². The molecule has 122 valence electrons. The number of ether oxygens (including phenoxy) is 1. The fourth-order valence-corrected chi connectivity index (χ4v) is 2.87. The molecule has 5 heteroatoms. The van der Waals surface area contributed by atoms with Gasteiger partial charge in [-0.3, -0.25) is 0 Å². The van der Waals surface area contributed by atoms with Crippen LogP contribution in [-0.4, -0.2) is 20.5 Å². The zero-order valence-electron chi connectivity index (χ0n) is 13.5. The molecular weight excluding hydrogens is 318 g/mol. The lowest BCUT2D eigenvalue weighted by atomic mass is 10.2. The zero-order chi connectivity index (χ0) is 16.6. The summed E-state index contributed by atoms with van der Waals surface area (Å²) >= 11 is 1.66. The Kier molecular flexibility index (Phi) is 5.69. The lowest BCUT2D eigenvalue weighted by Gasteiger charge is -2.05. The minimum Gasteiger partial charge on any atom is -0.486 e. The van der Waals surface area contributed by atoms with Crippen LogP contribution in [0.3, 0.4) is 0 Å². The Morgan fingerprint density at radius 2 is 1.71 bits per heavy atom. The van der Waals surface area contributed by atoms with E-state index in [1.54, 1.807) is 11.8 Å². The van der Waals surface area contributed by atoms with E-state index in [-0.39, 0.29) is 0 Å². The molecule has 0 amide bonds. The second-order valence-corrected chi connectivity index (χ2v) is 6.17. The van der Waals surface area contributed by atoms with Gasteiger partial charge >= 0.3 is 0 Å². The average Bonchev–Trinajstić information content (AvgIpc) is 2.99. The van der Waals surface area contributed by atoms with E-state index in [9.17, 15) is 0 Å². The summed E-state index contributed by atoms with van der Waals surface area (Å²) in [6.07, 6.45) is 4.25. The van der Waals surface area contributed by atoms with E-state index in [0.29, 0.717) is 6.61 Å². The van der Waals surface area contributed by atoms with E-state index >= 15 is 0 Å². The molecule has 3 aromatic rings. The number of rotatable bonds is 7. The van der Waals surface area contributed by atoms with E-state index in [1.165, 1.54) is 5.56 Å². The van der Waals surface area contributed by atoms with Crippen molar-refractivity contribution < 1.29 is 4.74 Å². The summed E-state index contributed by atoms with van der Waals surface area (Å²) in [6, 6.07) is 20.0. The maximum absolute atomic E-state index is 5.72. The molecule has 0 aliphatic rings. The Morgan fingerprint density at radius 1 is 1.00 bits per heavy atom. The van der Waals surface area contributed by atoms with Crippen molar-refractivity contribution >= 4 is 17.8 Å². The Labute approximate surface area is 146 Å². The Bertz CT molecular complexity index is 785. The summed E-state index contributed by atoms with van der Waals surface area (Å²) in [4.78, 5) is 0. The van der Waals surface area contributed by atoms with Crippen LogP contribution in [0.15, 0.2) is 71.9 Å². The molecule has 0 spiro atoms. The summed E-state index contributed by atoms with van der Waals surface area (Å²) in [5, 5.41) is 9.33. The summed E-state index contributed by atoms with van der Waals surface area (Å²) < 4.78 is 7.70. The van der Waals surface area contributed by atoms with Crippen molar-refractivity contribution in [2.45, 2.75) is 11.8 Å². The second kappa shape index (κ2) is 8.36. The van der Waals surface area contributed by atoms with Crippen molar-refractivity contribution in [1.82, 2.24) is 14.8 Å². The quantitative estimate of drug-likeness (QED) is 0.606. The van der Waals surface area contributed by atoms with Crippen LogP contribution >= 0.6 is 11.8 Å². The van der Waals surface area contributed by atoms with E-state index in [4.69, 9.17) is 4.74 Å². The third kappa shape index (κ3) is 4.49. The normalized spacial score (nSPS) is 11.0. The summed E-state index contributed by atoms with van der Waals surface area (Å²) in [5.41, 5.74) is 1.20. The first-order chi connectivity index (χ1) is 11.8. The van der Waals surface area contributed by atoms with Gasteiger partial charge in [0.25, 0.3) is 0 Å². The molecule has 0 radical (unpaired) electrons. The minimum atomic E-state index is 0.411. The first-order valence-corrected chi connectivity index (χ1v) is 8.72. The molecule has 3 rings (SSSR count). The van der Waals surface area contributed by atoms with Crippen LogP contribution in [0, 0.1) is 0 Å². The van der Waals surface area contributed by atoms with E-state index in [0.717, 1.165) is 22.5 Å². The first-order valence-electron chi connectivity index (χ1n) is 7.73. The maximum Gasteiger partial charge on any atom is 0.191 e. The smallest absolute Gasteiger partial charge is 0.191 e. The number of thioether (sulfide) groups is 1. The van der Waals surface area contributed by atoms with Gasteiger partial charge in [-0.15, -0.1) is 10.2 Å². The van der Waals surface area contributed by atoms with E-state index in [1.807, 2.05) is 60.1 Å². The Hall–Kier alpha value is -2.53. The van der Waals surface area contributed by atoms with Gasteiger partial charge in [0.1, 0.15) is 12.4 Å². The monoisotopic (exact) mass is 337 g/mol. The third-order valence-electron chi connectivity index (χ3n) is 3.45. The number of hydrogen-bond donors (Lipinski definition) is 0. The largest absolute Gasteiger partial charge is 0.486 e. The summed E-state index contributed by atoms with van der Waals surface area (Å²) in [7, 11) is 1.97. The highest BCUT2D eigenvalue weighted by Gasteiger charge is 2.09. The molecule has 0 aliphatic carbocycles. The second-order valence-electron chi connectivity index (χ2n) is 5.18. The molecule has 0 saturated carbocycles. The highest BCUT2D eigenvalue weighted by Crippen LogP contribution is 2.17. The van der Waals surface area contributed by atoms with Gasteiger partial charge in [-0.05, 0) is 17.7 Å². The molecule has 2 aromatic carbocycles. The van der Waals surface area contributed by atoms with Crippen molar-refractivity contribution in [2.24, 2.45) is 7.05 Å². The molecule has 0 unspecified atom stereocenters. The van der Waals surface area contributed by atoms with E-state index in [2.05, 4.69) is 34.5 Å². The average molecular weight is 337 g/mol. The molecule has 4 nitrogen and oxygen atoms in total. The maximum atomic E-state index is 5.72. The third-order valence-corrected chi connectivity index (χ3v) is 4.43. The van der Waals surface area contributed by atoms with Gasteiger partial charge in [0.15, 0.2) is 11.0 Å². The van der Waals surface area contributed by atoms with Gasteiger partial charge in [0, 0.05) is 12.8 Å². The highest BCUT2D eigenvalue weighted by atomic mass is 32.2. The van der Waals surface area contributed by atoms with Crippen molar-refractivity contribution in [2.75, 3.05) is 5.75 Å². The van der Waals surface area contributed by atoms with Gasteiger partial charge < -0.3 is 9.30 Å². The molecule has 0 bridgehead atoms. The van der Waals surface area contributed by atoms with Gasteiger partial charge in [-0.2, -0.15) is 0 Å². The van der Waals surface area contributed by atoms with Crippen LogP contribution in [0.1, 0.15) is 11.4 Å². The molecule has 0 fully saturated rings. The SMILES string of the molecule is Cn1c(COc2ccccc2)nnc1SCC=Cc1ccccc1. The van der Waals surface area contributed by atoms with Crippen molar-refractivity contribution in [3.05, 3.63) is 78.1 Å². The zero-order valence-corrected chi connectivity index (χ0v) is 14.3. The van der Waals surface area contributed by atoms with Crippen molar-refractivity contribution in [3.8, 4) is 5.75 Å². The highest BCUT2D eigenvalue weighted by molar-refractivity contribution is 7.99. The molecule has 0 N–H and O–H groups in total. The molecule has 1 aromatic heterocycles. The summed E-state index contributed by atoms with van der Waals surface area (Å²) in [5.74, 6) is 2.49. The Balaban J connectivity index is 1.52. The lowest BCUT2D eigenvalue weighted by molar-refractivity contribution is 0.290. The molecule has 1 heterocycles. The van der Waals surface area contributed by atoms with Crippen LogP contribution in [0.2, 0.25) is 0 Å². The molecular formula is C19H19N3OS. The van der Waals surface area contributed by atoms with Crippen molar-refractivity contribution in [3.63, 3.8) is 0 Å². The van der Waals surface area contributed by atoms with Gasteiger partial charge in [-0.1, -0.05) is 72.4 Å². The molecule has 0 saturated heterocycles. The topological polar surface area (TPSA) is 39.9 Å². The van der Waals surface area contributed by atoms with Crippen LogP contribution in [0.4, 0.5) is 0 Å². The standard InChI is InChI=1S/C19H19N3OS/c1-22-18(15-23-17-12-6-3-7-13-17)20-21-19(22)24-14-8-11-16-9-4-2-5-10-16/h2-13H,14-15H2,1H3. The summed E-state index contributed by atoms with van der Waals surface area (Å²) in [6.45, 7) is 0.411. The molecule has 0 atom stereocenters. The van der Waals surface area contributed by atoms with Gasteiger partial charge in [0.2, 0.25) is 0 Å². The number of benzene rings is 2. The number of nitrogens with zero attached hydrogens (tertiary/aromatic N) is 3. The first kappa shape index (κ1) is 16.3. The number of hydrogen-bond acceptors (Lipinski definition) is 4. The minimum absolute atomic E-state index is 0.411. The van der Waals surface area contributed by atoms with Crippen molar-refractivity contribution in [1.29, 1.82) is 0 Å².